The highest BCUT2D eigenvalue weighted by molar-refractivity contribution is 6.88. The summed E-state index contributed by atoms with van der Waals surface area (Å²) in [7, 11) is 1.03. The van der Waals surface area contributed by atoms with E-state index in [-0.39, 0.29) is 0 Å². The molecule has 0 N–H and O–H groups in total. The summed E-state index contributed by atoms with van der Waals surface area (Å²) in [5.41, 5.74) is 2.82. The summed E-state index contributed by atoms with van der Waals surface area (Å²) in [5, 5.41) is 1.54. The first-order chi connectivity index (χ1) is 9.95. The van der Waals surface area contributed by atoms with Crippen LogP contribution in [0.1, 0.15) is 11.1 Å². The van der Waals surface area contributed by atoms with Crippen molar-refractivity contribution in [1.82, 2.24) is 4.90 Å². The highest BCUT2D eigenvalue weighted by Crippen LogP contribution is 2.07. The number of hydrogen-bond acceptors (Lipinski definition) is 1. The maximum absolute atomic E-state index is 2.40. The zero-order valence-electron chi connectivity index (χ0n) is 13.8. The summed E-state index contributed by atoms with van der Waals surface area (Å²) in [6.45, 7) is 9.31. The van der Waals surface area contributed by atoms with Crippen molar-refractivity contribution in [2.45, 2.75) is 32.6 Å². The van der Waals surface area contributed by atoms with Crippen molar-refractivity contribution in [3.8, 4) is 0 Å². The van der Waals surface area contributed by atoms with Crippen molar-refractivity contribution >= 4 is 13.3 Å². The maximum Gasteiger partial charge on any atom is 0.0775 e. The van der Waals surface area contributed by atoms with Crippen LogP contribution in [-0.2, 0) is 13.0 Å². The van der Waals surface area contributed by atoms with Crippen LogP contribution in [0.25, 0.3) is 0 Å². The van der Waals surface area contributed by atoms with Gasteiger partial charge in [0, 0.05) is 13.1 Å². The molecular formula is C19H27NSi. The first-order valence-corrected chi connectivity index (χ1v) is 11.3. The first kappa shape index (κ1) is 16.0. The molecule has 112 valence electrons. The van der Waals surface area contributed by atoms with E-state index in [1.54, 1.807) is 0 Å². The monoisotopic (exact) mass is 297 g/mol. The largest absolute Gasteiger partial charge is 0.302 e. The molecule has 2 rings (SSSR count). The lowest BCUT2D eigenvalue weighted by Crippen LogP contribution is -2.37. The molecule has 0 heterocycles. The van der Waals surface area contributed by atoms with Gasteiger partial charge in [-0.3, -0.25) is 0 Å². The van der Waals surface area contributed by atoms with Gasteiger partial charge in [-0.15, -0.1) is 0 Å². The molecule has 0 atom stereocenters. The summed E-state index contributed by atoms with van der Waals surface area (Å²) in [6.07, 6.45) is 1.12. The van der Waals surface area contributed by atoms with Crippen LogP contribution in [0, 0.1) is 0 Å². The highest BCUT2D eigenvalue weighted by Gasteiger charge is 2.15. The first-order valence-electron chi connectivity index (χ1n) is 7.77. The van der Waals surface area contributed by atoms with E-state index in [2.05, 4.69) is 86.2 Å². The van der Waals surface area contributed by atoms with E-state index in [4.69, 9.17) is 0 Å². The molecule has 0 spiro atoms. The molecule has 0 radical (unpaired) electrons. The Morgan fingerprint density at radius 1 is 0.810 bits per heavy atom. The second-order valence-electron chi connectivity index (χ2n) is 6.92. The van der Waals surface area contributed by atoms with Gasteiger partial charge in [0.1, 0.15) is 0 Å². The Morgan fingerprint density at radius 3 is 2.00 bits per heavy atom. The van der Waals surface area contributed by atoms with E-state index in [9.17, 15) is 0 Å². The Balaban J connectivity index is 1.86. The average Bonchev–Trinajstić information content (AvgIpc) is 2.46. The molecule has 0 aliphatic heterocycles. The number of nitrogens with zero attached hydrogens (tertiary/aromatic N) is 1. The molecule has 0 aromatic heterocycles. The molecule has 0 bridgehead atoms. The highest BCUT2D eigenvalue weighted by atomic mass is 28.3. The fraction of sp³-hybridized carbons (Fsp3) is 0.368. The molecule has 0 unspecified atom stereocenters. The van der Waals surface area contributed by atoms with Crippen molar-refractivity contribution in [3.05, 3.63) is 65.7 Å². The van der Waals surface area contributed by atoms with E-state index in [0.717, 1.165) is 19.5 Å². The van der Waals surface area contributed by atoms with Gasteiger partial charge in [-0.1, -0.05) is 79.4 Å². The van der Waals surface area contributed by atoms with Gasteiger partial charge in [0.15, 0.2) is 0 Å². The van der Waals surface area contributed by atoms with E-state index in [1.807, 2.05) is 0 Å². The lowest BCUT2D eigenvalue weighted by molar-refractivity contribution is 0.331. The predicted molar refractivity (Wildman–Crippen MR) is 95.9 cm³/mol. The summed E-state index contributed by atoms with van der Waals surface area (Å²) >= 11 is 0. The topological polar surface area (TPSA) is 3.24 Å². The molecule has 2 aromatic carbocycles. The normalized spacial score (nSPS) is 11.9. The van der Waals surface area contributed by atoms with Crippen LogP contribution in [-0.4, -0.2) is 26.6 Å². The Hall–Kier alpha value is -1.38. The van der Waals surface area contributed by atoms with Crippen molar-refractivity contribution in [3.63, 3.8) is 0 Å². The van der Waals surface area contributed by atoms with Crippen LogP contribution in [0.15, 0.2) is 54.6 Å². The SMILES string of the molecule is CN(CCc1ccccc1)Cc1ccc([Si](C)(C)C)cc1. The van der Waals surface area contributed by atoms with Gasteiger partial charge in [-0.25, -0.2) is 0 Å². The fourth-order valence-corrected chi connectivity index (χ4v) is 3.63. The van der Waals surface area contributed by atoms with Gasteiger partial charge >= 0.3 is 0 Å². The maximum atomic E-state index is 2.40. The van der Waals surface area contributed by atoms with E-state index in [1.165, 1.54) is 16.3 Å². The zero-order chi connectivity index (χ0) is 15.3. The second kappa shape index (κ2) is 7.06. The Morgan fingerprint density at radius 2 is 1.43 bits per heavy atom. The molecule has 21 heavy (non-hydrogen) atoms. The third-order valence-electron chi connectivity index (χ3n) is 3.90. The fourth-order valence-electron chi connectivity index (χ4n) is 2.47. The minimum Gasteiger partial charge on any atom is -0.302 e. The van der Waals surface area contributed by atoms with Crippen LogP contribution in [0.2, 0.25) is 19.6 Å². The summed E-state index contributed by atoms with van der Waals surface area (Å²) in [5.74, 6) is 0. The molecule has 2 aromatic rings. The van der Waals surface area contributed by atoms with Gasteiger partial charge in [0.05, 0.1) is 8.07 Å². The molecule has 0 saturated carbocycles. The van der Waals surface area contributed by atoms with Crippen molar-refractivity contribution in [1.29, 1.82) is 0 Å². The number of rotatable bonds is 6. The lowest BCUT2D eigenvalue weighted by atomic mass is 10.1. The van der Waals surface area contributed by atoms with Crippen LogP contribution < -0.4 is 5.19 Å². The number of benzene rings is 2. The smallest absolute Gasteiger partial charge is 0.0775 e. The number of hydrogen-bond donors (Lipinski definition) is 0. The van der Waals surface area contributed by atoms with Gasteiger partial charge in [0.2, 0.25) is 0 Å². The molecular weight excluding hydrogens is 270 g/mol. The minimum absolute atomic E-state index is 1.03. The van der Waals surface area contributed by atoms with Gasteiger partial charge in [-0.2, -0.15) is 0 Å². The summed E-state index contributed by atoms with van der Waals surface area (Å²) in [6, 6.07) is 20.0. The third-order valence-corrected chi connectivity index (χ3v) is 5.96. The van der Waals surface area contributed by atoms with Gasteiger partial charge in [0.25, 0.3) is 0 Å². The van der Waals surface area contributed by atoms with Crippen LogP contribution in [0.5, 0.6) is 0 Å². The lowest BCUT2D eigenvalue weighted by Gasteiger charge is -2.19. The van der Waals surface area contributed by atoms with Crippen LogP contribution in [0.4, 0.5) is 0 Å². The predicted octanol–water partition coefficient (Wildman–Crippen LogP) is 3.91. The Kier molecular flexibility index (Phi) is 5.37. The molecule has 0 aliphatic carbocycles. The number of likely N-dealkylation sites (N-methyl/N-ethyl adjacent to an activating group) is 1. The molecule has 0 amide bonds. The summed E-state index contributed by atoms with van der Waals surface area (Å²) in [4.78, 5) is 2.40. The van der Waals surface area contributed by atoms with E-state index < -0.39 is 8.07 Å². The molecule has 0 saturated heterocycles. The average molecular weight is 298 g/mol. The third kappa shape index (κ3) is 5.14. The minimum atomic E-state index is -1.17. The quantitative estimate of drug-likeness (QED) is 0.731. The van der Waals surface area contributed by atoms with Crippen molar-refractivity contribution in [2.75, 3.05) is 13.6 Å². The Labute approximate surface area is 130 Å². The van der Waals surface area contributed by atoms with Gasteiger partial charge < -0.3 is 4.90 Å². The van der Waals surface area contributed by atoms with Crippen LogP contribution in [0.3, 0.4) is 0 Å². The van der Waals surface area contributed by atoms with Crippen LogP contribution >= 0.6 is 0 Å². The standard InChI is InChI=1S/C19H27NSi/c1-20(15-14-17-8-6-5-7-9-17)16-18-10-12-19(13-11-18)21(2,3)4/h5-13H,14-16H2,1-4H3. The molecule has 0 aliphatic rings. The van der Waals surface area contributed by atoms with Crippen molar-refractivity contribution in [2.24, 2.45) is 0 Å². The zero-order valence-corrected chi connectivity index (χ0v) is 14.8. The van der Waals surface area contributed by atoms with Crippen molar-refractivity contribution < 1.29 is 0 Å². The Bertz CT molecular complexity index is 540. The van der Waals surface area contributed by atoms with E-state index in [0.29, 0.717) is 0 Å². The molecule has 1 nitrogen and oxygen atoms in total. The second-order valence-corrected chi connectivity index (χ2v) is 12.0. The molecule has 0 fully saturated rings. The summed E-state index contributed by atoms with van der Waals surface area (Å²) < 4.78 is 0. The molecule has 2 heteroatoms. The van der Waals surface area contributed by atoms with E-state index >= 15 is 0 Å². The van der Waals surface area contributed by atoms with Gasteiger partial charge in [-0.05, 0) is 24.6 Å².